The number of hydrogen-bond acceptors (Lipinski definition) is 2. The van der Waals surface area contributed by atoms with Crippen LogP contribution in [-0.4, -0.2) is 12.6 Å². The van der Waals surface area contributed by atoms with Crippen molar-refractivity contribution in [3.8, 4) is 0 Å². The van der Waals surface area contributed by atoms with E-state index in [1.165, 1.54) is 109 Å². The number of hydrogen-bond donors (Lipinski definition) is 0. The monoisotopic (exact) mass is 452 g/mol. The molecule has 0 aliphatic carbocycles. The van der Waals surface area contributed by atoms with Crippen molar-refractivity contribution in [3.05, 3.63) is 0 Å². The molecule has 32 heavy (non-hydrogen) atoms. The van der Waals surface area contributed by atoms with Gasteiger partial charge in [0.2, 0.25) is 0 Å². The van der Waals surface area contributed by atoms with Gasteiger partial charge in [0.15, 0.2) is 0 Å². The molecule has 0 radical (unpaired) electrons. The van der Waals surface area contributed by atoms with Crippen LogP contribution in [0.25, 0.3) is 0 Å². The molecule has 0 fully saturated rings. The Hall–Kier alpha value is -0.530. The van der Waals surface area contributed by atoms with Gasteiger partial charge in [-0.25, -0.2) is 0 Å². The highest BCUT2D eigenvalue weighted by Gasteiger charge is 2.09. The lowest BCUT2D eigenvalue weighted by molar-refractivity contribution is -0.143. The van der Waals surface area contributed by atoms with E-state index in [0.29, 0.717) is 18.4 Å². The van der Waals surface area contributed by atoms with E-state index in [2.05, 4.69) is 34.6 Å². The molecule has 0 N–H and O–H groups in total. The van der Waals surface area contributed by atoms with E-state index in [1.54, 1.807) is 0 Å². The van der Waals surface area contributed by atoms with Crippen LogP contribution in [0.5, 0.6) is 0 Å². The Morgan fingerprint density at radius 1 is 0.594 bits per heavy atom. The van der Waals surface area contributed by atoms with Crippen molar-refractivity contribution in [1.29, 1.82) is 0 Å². The first-order chi connectivity index (χ1) is 15.3. The van der Waals surface area contributed by atoms with Crippen LogP contribution in [0.15, 0.2) is 0 Å². The van der Waals surface area contributed by atoms with E-state index < -0.39 is 0 Å². The Kier molecular flexibility index (Phi) is 21.9. The van der Waals surface area contributed by atoms with Crippen LogP contribution in [0.4, 0.5) is 0 Å². The Morgan fingerprint density at radius 2 is 1.00 bits per heavy atom. The van der Waals surface area contributed by atoms with Crippen molar-refractivity contribution in [1.82, 2.24) is 0 Å². The molecule has 0 unspecified atom stereocenters. The molecule has 0 saturated heterocycles. The van der Waals surface area contributed by atoms with Gasteiger partial charge in [0.25, 0.3) is 0 Å². The minimum absolute atomic E-state index is 0.00638. The van der Waals surface area contributed by atoms with Crippen LogP contribution in [0.1, 0.15) is 169 Å². The molecule has 0 bridgehead atoms. The van der Waals surface area contributed by atoms with Gasteiger partial charge in [0, 0.05) is 6.42 Å². The van der Waals surface area contributed by atoms with Crippen molar-refractivity contribution in [2.45, 2.75) is 169 Å². The van der Waals surface area contributed by atoms with Gasteiger partial charge >= 0.3 is 5.97 Å². The normalized spacial score (nSPS) is 11.9. The first kappa shape index (κ1) is 31.5. The molecule has 0 rings (SSSR count). The molecule has 0 heterocycles. The lowest BCUT2D eigenvalue weighted by Crippen LogP contribution is -2.06. The van der Waals surface area contributed by atoms with Crippen molar-refractivity contribution in [2.24, 2.45) is 11.3 Å². The van der Waals surface area contributed by atoms with Crippen LogP contribution in [0.2, 0.25) is 0 Å². The molecule has 0 aliphatic heterocycles. The van der Waals surface area contributed by atoms with Gasteiger partial charge in [0.1, 0.15) is 0 Å². The fourth-order valence-electron chi connectivity index (χ4n) is 4.31. The summed E-state index contributed by atoms with van der Waals surface area (Å²) in [6.07, 6.45) is 27.2. The number of rotatable bonds is 23. The third kappa shape index (κ3) is 27.5. The molecule has 2 nitrogen and oxygen atoms in total. The molecule has 0 aromatic heterocycles. The largest absolute Gasteiger partial charge is 0.466 e. The van der Waals surface area contributed by atoms with Crippen molar-refractivity contribution < 1.29 is 9.53 Å². The third-order valence-corrected chi connectivity index (χ3v) is 6.50. The molecule has 0 aromatic carbocycles. The van der Waals surface area contributed by atoms with Crippen molar-refractivity contribution in [3.63, 3.8) is 0 Å². The zero-order chi connectivity index (χ0) is 23.9. The predicted octanol–water partition coefficient (Wildman–Crippen LogP) is 10.4. The molecule has 0 spiro atoms. The third-order valence-electron chi connectivity index (χ3n) is 6.50. The minimum Gasteiger partial charge on any atom is -0.466 e. The second kappa shape index (κ2) is 22.3. The summed E-state index contributed by atoms with van der Waals surface area (Å²) in [7, 11) is 0. The van der Waals surface area contributed by atoms with E-state index in [9.17, 15) is 4.79 Å². The number of carbonyl (C=O) groups is 1. The first-order valence-corrected chi connectivity index (χ1v) is 14.5. The topological polar surface area (TPSA) is 26.3 Å². The summed E-state index contributed by atoms with van der Waals surface area (Å²) < 4.78 is 5.38. The number of esters is 1. The summed E-state index contributed by atoms with van der Waals surface area (Å²) in [6.45, 7) is 12.1. The van der Waals surface area contributed by atoms with E-state index >= 15 is 0 Å². The smallest absolute Gasteiger partial charge is 0.305 e. The Bertz CT molecular complexity index is 394. The zero-order valence-electron chi connectivity index (χ0n) is 23.0. The van der Waals surface area contributed by atoms with Crippen molar-refractivity contribution in [2.75, 3.05) is 6.61 Å². The predicted molar refractivity (Wildman–Crippen MR) is 142 cm³/mol. The van der Waals surface area contributed by atoms with Crippen LogP contribution >= 0.6 is 0 Å². The first-order valence-electron chi connectivity index (χ1n) is 14.5. The Morgan fingerprint density at radius 3 is 1.44 bits per heavy atom. The average molecular weight is 453 g/mol. The minimum atomic E-state index is 0.00638. The molecule has 0 amide bonds. The maximum atomic E-state index is 11.8. The van der Waals surface area contributed by atoms with Crippen molar-refractivity contribution >= 4 is 5.97 Å². The van der Waals surface area contributed by atoms with Crippen LogP contribution in [-0.2, 0) is 9.53 Å². The van der Waals surface area contributed by atoms with Crippen LogP contribution in [0, 0.1) is 11.3 Å². The highest BCUT2D eigenvalue weighted by molar-refractivity contribution is 5.69. The van der Waals surface area contributed by atoms with Crippen LogP contribution in [0.3, 0.4) is 0 Å². The van der Waals surface area contributed by atoms with Gasteiger partial charge in [-0.3, -0.25) is 4.79 Å². The maximum absolute atomic E-state index is 11.8. The Labute approximate surface area is 203 Å². The van der Waals surface area contributed by atoms with Gasteiger partial charge in [0.05, 0.1) is 6.61 Å². The molecule has 0 saturated carbocycles. The highest BCUT2D eigenvalue weighted by Crippen LogP contribution is 2.22. The van der Waals surface area contributed by atoms with E-state index in [1.807, 2.05) is 0 Å². The van der Waals surface area contributed by atoms with Gasteiger partial charge in [-0.1, -0.05) is 144 Å². The molecule has 192 valence electrons. The number of ether oxygens (including phenoxy) is 1. The number of carbonyl (C=O) groups excluding carboxylic acids is 1. The van der Waals surface area contributed by atoms with Gasteiger partial charge in [-0.15, -0.1) is 0 Å². The summed E-state index contributed by atoms with van der Waals surface area (Å²) >= 11 is 0. The maximum Gasteiger partial charge on any atom is 0.305 e. The summed E-state index contributed by atoms with van der Waals surface area (Å²) in [5.41, 5.74) is 0.409. The van der Waals surface area contributed by atoms with Gasteiger partial charge in [-0.2, -0.15) is 0 Å². The summed E-state index contributed by atoms with van der Waals surface area (Å²) in [5.74, 6) is 0.884. The molecule has 0 aliphatic rings. The van der Waals surface area contributed by atoms with E-state index in [4.69, 9.17) is 4.74 Å². The molecular weight excluding hydrogens is 392 g/mol. The average Bonchev–Trinajstić information content (AvgIpc) is 2.71. The summed E-state index contributed by atoms with van der Waals surface area (Å²) in [4.78, 5) is 11.8. The Balaban J connectivity index is 3.16. The SMILES string of the molecule is CC(C)CCCCCCCCCCCCCCCCCOC(=O)CCCCCC(C)(C)C. The summed E-state index contributed by atoms with van der Waals surface area (Å²) in [6, 6.07) is 0. The second-order valence-corrected chi connectivity index (χ2v) is 11.8. The number of unbranched alkanes of at least 4 members (excludes halogenated alkanes) is 16. The fraction of sp³-hybridized carbons (Fsp3) is 0.967. The van der Waals surface area contributed by atoms with E-state index in [-0.39, 0.29) is 5.97 Å². The molecule has 2 heteroatoms. The lowest BCUT2D eigenvalue weighted by Gasteiger charge is -2.17. The summed E-state index contributed by atoms with van der Waals surface area (Å²) in [5, 5.41) is 0. The fourth-order valence-corrected chi connectivity index (χ4v) is 4.31. The van der Waals surface area contributed by atoms with Gasteiger partial charge < -0.3 is 4.74 Å². The van der Waals surface area contributed by atoms with E-state index in [0.717, 1.165) is 25.2 Å². The lowest BCUT2D eigenvalue weighted by atomic mass is 9.89. The van der Waals surface area contributed by atoms with Crippen LogP contribution < -0.4 is 0 Å². The highest BCUT2D eigenvalue weighted by atomic mass is 16.5. The molecule has 0 atom stereocenters. The van der Waals surface area contributed by atoms with Gasteiger partial charge in [-0.05, 0) is 30.6 Å². The zero-order valence-corrected chi connectivity index (χ0v) is 23.0. The molecular formula is C30H60O2. The quantitative estimate of drug-likeness (QED) is 0.114. The standard InChI is InChI=1S/C30H60O2/c1-28(2)24-20-17-15-13-11-9-7-6-8-10-12-14-16-18-23-27-32-29(31)25-21-19-22-26-30(3,4)5/h28H,6-27H2,1-5H3. The second-order valence-electron chi connectivity index (χ2n) is 11.8. The molecule has 0 aromatic rings.